The fourth-order valence-electron chi connectivity index (χ4n) is 2.00. The molecule has 0 atom stereocenters. The molecule has 0 radical (unpaired) electrons. The molecule has 1 heterocycles. The quantitative estimate of drug-likeness (QED) is 0.681. The molecule has 0 spiro atoms. The van der Waals surface area contributed by atoms with Crippen molar-refractivity contribution in [3.63, 3.8) is 0 Å². The highest BCUT2D eigenvalue weighted by atomic mass is 35.5. The van der Waals surface area contributed by atoms with E-state index < -0.39 is 10.1 Å². The van der Waals surface area contributed by atoms with E-state index in [0.29, 0.717) is 10.5 Å². The molecule has 3 aromatic rings. The van der Waals surface area contributed by atoms with Gasteiger partial charge >= 0.3 is 10.1 Å². The van der Waals surface area contributed by atoms with Crippen LogP contribution in [-0.4, -0.2) is 13.4 Å². The number of hydrogen-bond acceptors (Lipinski definition) is 4. The first kappa shape index (κ1) is 14.8. The largest absolute Gasteiger partial charge is 0.358 e. The molecule has 0 fully saturated rings. The minimum atomic E-state index is -3.92. The van der Waals surface area contributed by atoms with Crippen LogP contribution in [0.25, 0.3) is 10.9 Å². The average molecular weight is 334 g/mol. The third kappa shape index (κ3) is 2.91. The summed E-state index contributed by atoms with van der Waals surface area (Å²) in [6.07, 6.45) is 0. The van der Waals surface area contributed by atoms with Crippen LogP contribution in [0.4, 0.5) is 0 Å². The zero-order valence-electron chi connectivity index (χ0n) is 11.7. The van der Waals surface area contributed by atoms with E-state index in [9.17, 15) is 8.42 Å². The van der Waals surface area contributed by atoms with Crippen molar-refractivity contribution in [3.05, 3.63) is 65.2 Å². The lowest BCUT2D eigenvalue weighted by atomic mass is 10.2. The molecule has 0 N–H and O–H groups in total. The van der Waals surface area contributed by atoms with Crippen LogP contribution in [0.3, 0.4) is 0 Å². The van der Waals surface area contributed by atoms with Crippen molar-refractivity contribution in [2.75, 3.05) is 0 Å². The fourth-order valence-corrected chi connectivity index (χ4v) is 3.11. The van der Waals surface area contributed by atoms with Gasteiger partial charge in [0, 0.05) is 11.5 Å². The van der Waals surface area contributed by atoms with E-state index in [0.717, 1.165) is 10.9 Å². The summed E-state index contributed by atoms with van der Waals surface area (Å²) in [6, 6.07) is 15.0. The average Bonchev–Trinajstić information content (AvgIpc) is 2.48. The van der Waals surface area contributed by atoms with Crippen molar-refractivity contribution in [2.45, 2.75) is 11.8 Å². The van der Waals surface area contributed by atoms with Gasteiger partial charge in [-0.05, 0) is 31.2 Å². The second-order valence-electron chi connectivity index (χ2n) is 4.81. The summed E-state index contributed by atoms with van der Waals surface area (Å²) < 4.78 is 29.6. The highest BCUT2D eigenvalue weighted by Gasteiger charge is 2.17. The molecule has 0 unspecified atom stereocenters. The normalized spacial score (nSPS) is 11.5. The summed E-state index contributed by atoms with van der Waals surface area (Å²) >= 11 is 6.07. The first-order chi connectivity index (χ1) is 10.5. The molecule has 22 heavy (non-hydrogen) atoms. The van der Waals surface area contributed by atoms with Gasteiger partial charge in [-0.25, -0.2) is 4.98 Å². The van der Waals surface area contributed by atoms with E-state index in [1.165, 1.54) is 18.2 Å². The zero-order valence-corrected chi connectivity index (χ0v) is 13.2. The van der Waals surface area contributed by atoms with Crippen LogP contribution in [0.15, 0.2) is 59.5 Å². The lowest BCUT2D eigenvalue weighted by Gasteiger charge is -2.07. The number of aryl methyl sites for hydroxylation is 1. The molecule has 0 aliphatic heterocycles. The van der Waals surface area contributed by atoms with Gasteiger partial charge in [-0.3, -0.25) is 0 Å². The first-order valence-corrected chi connectivity index (χ1v) is 8.31. The number of para-hydroxylation sites is 1. The van der Waals surface area contributed by atoms with Crippen LogP contribution in [0, 0.1) is 6.92 Å². The van der Waals surface area contributed by atoms with Gasteiger partial charge in [-0.1, -0.05) is 41.4 Å². The van der Waals surface area contributed by atoms with Crippen LogP contribution < -0.4 is 4.18 Å². The summed E-state index contributed by atoms with van der Waals surface area (Å²) in [5.74, 6) is -0.0128. The van der Waals surface area contributed by atoms with Crippen LogP contribution in [0.1, 0.15) is 5.56 Å². The van der Waals surface area contributed by atoms with Gasteiger partial charge in [0.1, 0.15) is 4.90 Å². The summed E-state index contributed by atoms with van der Waals surface area (Å²) in [5, 5.41) is 1.25. The molecule has 0 amide bonds. The second kappa shape index (κ2) is 5.59. The molecular weight excluding hydrogens is 322 g/mol. The molecule has 2 aromatic carbocycles. The topological polar surface area (TPSA) is 56.3 Å². The van der Waals surface area contributed by atoms with Crippen molar-refractivity contribution >= 4 is 32.6 Å². The Morgan fingerprint density at radius 3 is 2.45 bits per heavy atom. The maximum absolute atomic E-state index is 12.2. The Hall–Kier alpha value is -2.11. The fraction of sp³-hybridized carbons (Fsp3) is 0.0625. The molecule has 4 nitrogen and oxygen atoms in total. The van der Waals surface area contributed by atoms with Gasteiger partial charge in [0.2, 0.25) is 5.88 Å². The van der Waals surface area contributed by atoms with E-state index in [2.05, 4.69) is 4.98 Å². The van der Waals surface area contributed by atoms with E-state index in [-0.39, 0.29) is 10.8 Å². The van der Waals surface area contributed by atoms with E-state index in [1.54, 1.807) is 30.3 Å². The number of halogens is 1. The molecule has 0 saturated carbocycles. The van der Waals surface area contributed by atoms with Crippen molar-refractivity contribution in [2.24, 2.45) is 0 Å². The van der Waals surface area contributed by atoms with Crippen molar-refractivity contribution in [1.29, 1.82) is 0 Å². The number of hydrogen-bond donors (Lipinski definition) is 0. The van der Waals surface area contributed by atoms with Gasteiger partial charge in [-0.2, -0.15) is 8.42 Å². The molecular formula is C16H12ClNO3S. The maximum atomic E-state index is 12.2. The highest BCUT2D eigenvalue weighted by Crippen LogP contribution is 2.25. The van der Waals surface area contributed by atoms with Crippen LogP contribution in [0.2, 0.25) is 5.02 Å². The third-order valence-corrected chi connectivity index (χ3v) is 4.69. The third-order valence-electron chi connectivity index (χ3n) is 3.15. The molecule has 0 bridgehead atoms. The Bertz CT molecular complexity index is 937. The lowest BCUT2D eigenvalue weighted by Crippen LogP contribution is -2.10. The van der Waals surface area contributed by atoms with Gasteiger partial charge in [0.15, 0.2) is 0 Å². The highest BCUT2D eigenvalue weighted by molar-refractivity contribution is 7.87. The predicted molar refractivity (Wildman–Crippen MR) is 85.7 cm³/mol. The number of nitrogens with zero attached hydrogens (tertiary/aromatic N) is 1. The Labute approximate surface area is 133 Å². The molecule has 112 valence electrons. The standard InChI is InChI=1S/C16H12ClNO3S/c1-11-5-8-13(9-6-11)22(19,20)21-15-10-7-12-3-2-4-14(17)16(12)18-15/h2-10H,1H3. The smallest absolute Gasteiger partial charge is 0.340 e. The van der Waals surface area contributed by atoms with Gasteiger partial charge < -0.3 is 4.18 Å². The lowest BCUT2D eigenvalue weighted by molar-refractivity contribution is 0.477. The SMILES string of the molecule is Cc1ccc(S(=O)(=O)Oc2ccc3cccc(Cl)c3n2)cc1. The van der Waals surface area contributed by atoms with E-state index in [1.807, 2.05) is 13.0 Å². The van der Waals surface area contributed by atoms with Crippen molar-refractivity contribution in [3.8, 4) is 5.88 Å². The summed E-state index contributed by atoms with van der Waals surface area (Å²) in [6.45, 7) is 1.88. The number of pyridine rings is 1. The molecule has 1 aromatic heterocycles. The Morgan fingerprint density at radius 2 is 1.73 bits per heavy atom. The summed E-state index contributed by atoms with van der Waals surface area (Å²) in [5.41, 5.74) is 1.47. The van der Waals surface area contributed by atoms with Crippen LogP contribution in [0.5, 0.6) is 5.88 Å². The second-order valence-corrected chi connectivity index (χ2v) is 6.77. The summed E-state index contributed by atoms with van der Waals surface area (Å²) in [4.78, 5) is 4.25. The van der Waals surface area contributed by atoms with E-state index in [4.69, 9.17) is 15.8 Å². The zero-order chi connectivity index (χ0) is 15.7. The molecule has 0 aliphatic carbocycles. The molecule has 3 rings (SSSR count). The summed E-state index contributed by atoms with van der Waals surface area (Å²) in [7, 11) is -3.92. The number of fused-ring (bicyclic) bond motifs is 1. The molecule has 0 saturated heterocycles. The predicted octanol–water partition coefficient (Wildman–Crippen LogP) is 3.96. The Kier molecular flexibility index (Phi) is 3.76. The number of aromatic nitrogens is 1. The minimum absolute atomic E-state index is 0.0128. The van der Waals surface area contributed by atoms with Crippen LogP contribution in [-0.2, 0) is 10.1 Å². The van der Waals surface area contributed by atoms with Gasteiger partial charge in [-0.15, -0.1) is 0 Å². The maximum Gasteiger partial charge on any atom is 0.340 e. The number of rotatable bonds is 3. The van der Waals surface area contributed by atoms with Crippen molar-refractivity contribution in [1.82, 2.24) is 4.98 Å². The number of benzene rings is 2. The first-order valence-electron chi connectivity index (χ1n) is 6.52. The van der Waals surface area contributed by atoms with Crippen LogP contribution >= 0.6 is 11.6 Å². The molecule has 0 aliphatic rings. The molecule has 6 heteroatoms. The van der Waals surface area contributed by atoms with Crippen molar-refractivity contribution < 1.29 is 12.6 Å². The Morgan fingerprint density at radius 1 is 1.00 bits per heavy atom. The Balaban J connectivity index is 1.98. The van der Waals surface area contributed by atoms with Gasteiger partial charge in [0.25, 0.3) is 0 Å². The van der Waals surface area contributed by atoms with E-state index >= 15 is 0 Å². The monoisotopic (exact) mass is 333 g/mol. The minimum Gasteiger partial charge on any atom is -0.358 e. The van der Waals surface area contributed by atoms with Gasteiger partial charge in [0.05, 0.1) is 10.5 Å².